The largest absolute Gasteiger partial charge is 0.373 e. The Morgan fingerprint density at radius 3 is 1.40 bits per heavy atom. The molecule has 2 amide bonds. The van der Waals surface area contributed by atoms with Crippen molar-refractivity contribution in [1.82, 2.24) is 4.90 Å². The summed E-state index contributed by atoms with van der Waals surface area (Å²) in [7, 11) is 0. The van der Waals surface area contributed by atoms with E-state index < -0.39 is 0 Å². The lowest BCUT2D eigenvalue weighted by molar-refractivity contribution is -0.142. The lowest BCUT2D eigenvalue weighted by Crippen LogP contribution is -2.35. The van der Waals surface area contributed by atoms with Crippen molar-refractivity contribution in [3.63, 3.8) is 0 Å². The Kier molecular flexibility index (Phi) is 10.2. The molecule has 4 heteroatoms. The second kappa shape index (κ2) is 12.8. The quantitative estimate of drug-likeness (QED) is 0.202. The van der Waals surface area contributed by atoms with E-state index in [-0.39, 0.29) is 35.9 Å². The van der Waals surface area contributed by atoms with Crippen LogP contribution in [0.4, 0.5) is 0 Å². The fourth-order valence-electron chi connectivity index (χ4n) is 5.81. The van der Waals surface area contributed by atoms with Gasteiger partial charge in [0.1, 0.15) is 0 Å². The predicted molar refractivity (Wildman–Crippen MR) is 121 cm³/mol. The van der Waals surface area contributed by atoms with E-state index in [2.05, 4.69) is 6.92 Å². The van der Waals surface area contributed by atoms with Crippen LogP contribution in [0, 0.1) is 11.8 Å². The standard InChI is InChI=1S/C26H45NO3/c1-2-3-4-5-6-7-8-9-10-11-12-13-14-15-16-17-20-27-25(28)23-21-18-19-22(30-21)24(23)26(27)29/h21-24H,2-20H2,1H3/t21-,22-,23?,24?/m1/s1. The molecule has 30 heavy (non-hydrogen) atoms. The van der Waals surface area contributed by atoms with Crippen LogP contribution in [0.15, 0.2) is 0 Å². The Bertz CT molecular complexity index is 506. The Balaban J connectivity index is 1.11. The third-order valence-corrected chi connectivity index (χ3v) is 7.61. The van der Waals surface area contributed by atoms with Gasteiger partial charge in [-0.05, 0) is 19.3 Å². The van der Waals surface area contributed by atoms with Crippen molar-refractivity contribution in [1.29, 1.82) is 0 Å². The second-order valence-electron chi connectivity index (χ2n) is 9.97. The molecule has 3 aliphatic rings. The number of fused-ring (bicyclic) bond motifs is 5. The van der Waals surface area contributed by atoms with E-state index in [4.69, 9.17) is 4.74 Å². The molecule has 0 radical (unpaired) electrons. The van der Waals surface area contributed by atoms with Crippen LogP contribution >= 0.6 is 0 Å². The molecule has 0 N–H and O–H groups in total. The normalized spacial score (nSPS) is 27.4. The number of imide groups is 1. The van der Waals surface area contributed by atoms with E-state index in [0.717, 1.165) is 25.7 Å². The van der Waals surface area contributed by atoms with E-state index in [1.165, 1.54) is 89.9 Å². The third kappa shape index (κ3) is 6.31. The first-order chi connectivity index (χ1) is 14.7. The summed E-state index contributed by atoms with van der Waals surface area (Å²) in [5, 5.41) is 0. The molecule has 2 bridgehead atoms. The molecule has 2 unspecified atom stereocenters. The second-order valence-corrected chi connectivity index (χ2v) is 9.97. The maximum absolute atomic E-state index is 12.6. The molecular formula is C26H45NO3. The SMILES string of the molecule is CCCCCCCCCCCCCCCCCCN1C(=O)C2C(C1=O)[C@H]1CC[C@H]2O1. The molecule has 3 rings (SSSR count). The van der Waals surface area contributed by atoms with Gasteiger partial charge in [-0.2, -0.15) is 0 Å². The molecule has 3 saturated heterocycles. The van der Waals surface area contributed by atoms with Crippen LogP contribution in [-0.4, -0.2) is 35.5 Å². The first-order valence-electron chi connectivity index (χ1n) is 13.2. The number of carbonyl (C=O) groups excluding carboxylic acids is 2. The number of nitrogens with zero attached hydrogens (tertiary/aromatic N) is 1. The van der Waals surface area contributed by atoms with Gasteiger partial charge in [-0.25, -0.2) is 0 Å². The summed E-state index contributed by atoms with van der Waals surface area (Å²) in [6, 6.07) is 0. The van der Waals surface area contributed by atoms with Crippen LogP contribution in [0.2, 0.25) is 0 Å². The molecule has 3 heterocycles. The number of amides is 2. The van der Waals surface area contributed by atoms with E-state index in [1.807, 2.05) is 0 Å². The Labute approximate surface area is 184 Å². The molecular weight excluding hydrogens is 374 g/mol. The number of likely N-dealkylation sites (tertiary alicyclic amines) is 1. The maximum atomic E-state index is 12.6. The number of carbonyl (C=O) groups is 2. The highest BCUT2D eigenvalue weighted by molar-refractivity contribution is 6.06. The molecule has 3 fully saturated rings. The Hall–Kier alpha value is -0.900. The highest BCUT2D eigenvalue weighted by atomic mass is 16.5. The summed E-state index contributed by atoms with van der Waals surface area (Å²) in [5.41, 5.74) is 0. The van der Waals surface area contributed by atoms with Crippen molar-refractivity contribution >= 4 is 11.8 Å². The van der Waals surface area contributed by atoms with E-state index >= 15 is 0 Å². The topological polar surface area (TPSA) is 46.6 Å². The van der Waals surface area contributed by atoms with Crippen LogP contribution in [0.1, 0.15) is 122 Å². The van der Waals surface area contributed by atoms with Crippen molar-refractivity contribution in [3.8, 4) is 0 Å². The Morgan fingerprint density at radius 1 is 0.633 bits per heavy atom. The third-order valence-electron chi connectivity index (χ3n) is 7.61. The van der Waals surface area contributed by atoms with Crippen molar-refractivity contribution in [3.05, 3.63) is 0 Å². The van der Waals surface area contributed by atoms with Gasteiger partial charge in [0.05, 0.1) is 24.0 Å². The lowest BCUT2D eigenvalue weighted by atomic mass is 9.81. The predicted octanol–water partition coefficient (Wildman–Crippen LogP) is 6.41. The zero-order valence-electron chi connectivity index (χ0n) is 19.4. The van der Waals surface area contributed by atoms with Crippen LogP contribution in [0.3, 0.4) is 0 Å². The zero-order chi connectivity index (χ0) is 21.2. The van der Waals surface area contributed by atoms with E-state index in [1.54, 1.807) is 4.90 Å². The molecule has 0 aromatic heterocycles. The minimum atomic E-state index is -0.155. The summed E-state index contributed by atoms with van der Waals surface area (Å²) in [6.07, 6.45) is 23.4. The van der Waals surface area contributed by atoms with Crippen molar-refractivity contribution in [2.75, 3.05) is 6.54 Å². The zero-order valence-corrected chi connectivity index (χ0v) is 19.4. The average Bonchev–Trinajstić information content (AvgIpc) is 3.43. The summed E-state index contributed by atoms with van der Waals surface area (Å²) in [6.45, 7) is 2.91. The van der Waals surface area contributed by atoms with Crippen molar-refractivity contribution < 1.29 is 14.3 Å². The summed E-state index contributed by atoms with van der Waals surface area (Å²) >= 11 is 0. The molecule has 0 spiro atoms. The maximum Gasteiger partial charge on any atom is 0.235 e. The molecule has 0 aliphatic carbocycles. The summed E-state index contributed by atoms with van der Waals surface area (Å²) in [5.74, 6) is -0.203. The monoisotopic (exact) mass is 419 g/mol. The van der Waals surface area contributed by atoms with Crippen LogP contribution in [0.25, 0.3) is 0 Å². The van der Waals surface area contributed by atoms with Crippen molar-refractivity contribution in [2.24, 2.45) is 11.8 Å². The molecule has 4 atom stereocenters. The van der Waals surface area contributed by atoms with Gasteiger partial charge in [-0.15, -0.1) is 0 Å². The smallest absolute Gasteiger partial charge is 0.235 e. The molecule has 0 saturated carbocycles. The van der Waals surface area contributed by atoms with Gasteiger partial charge in [0.2, 0.25) is 11.8 Å². The first-order valence-corrected chi connectivity index (χ1v) is 13.2. The average molecular weight is 420 g/mol. The number of unbranched alkanes of at least 4 members (excludes halogenated alkanes) is 15. The van der Waals surface area contributed by atoms with Crippen LogP contribution < -0.4 is 0 Å². The molecule has 172 valence electrons. The minimum absolute atomic E-state index is 0.0206. The summed E-state index contributed by atoms with van der Waals surface area (Å²) in [4.78, 5) is 26.8. The fraction of sp³-hybridized carbons (Fsp3) is 0.923. The van der Waals surface area contributed by atoms with Gasteiger partial charge >= 0.3 is 0 Å². The summed E-state index contributed by atoms with van der Waals surface area (Å²) < 4.78 is 5.80. The fourth-order valence-corrected chi connectivity index (χ4v) is 5.81. The van der Waals surface area contributed by atoms with Gasteiger partial charge in [-0.3, -0.25) is 14.5 Å². The molecule has 3 aliphatic heterocycles. The van der Waals surface area contributed by atoms with Crippen molar-refractivity contribution in [2.45, 2.75) is 135 Å². The number of hydrogen-bond donors (Lipinski definition) is 0. The first kappa shape index (κ1) is 23.8. The number of rotatable bonds is 17. The van der Waals surface area contributed by atoms with Gasteiger partial charge in [0.15, 0.2) is 0 Å². The highest BCUT2D eigenvalue weighted by Gasteiger charge is 2.62. The molecule has 4 nitrogen and oxygen atoms in total. The van der Waals surface area contributed by atoms with Gasteiger partial charge in [-0.1, -0.05) is 103 Å². The minimum Gasteiger partial charge on any atom is -0.373 e. The van der Waals surface area contributed by atoms with Gasteiger partial charge in [0, 0.05) is 6.54 Å². The van der Waals surface area contributed by atoms with Gasteiger partial charge in [0.25, 0.3) is 0 Å². The van der Waals surface area contributed by atoms with E-state index in [9.17, 15) is 9.59 Å². The van der Waals surface area contributed by atoms with E-state index in [0.29, 0.717) is 6.54 Å². The molecule has 0 aromatic rings. The lowest BCUT2D eigenvalue weighted by Gasteiger charge is -2.17. The van der Waals surface area contributed by atoms with Crippen LogP contribution in [-0.2, 0) is 14.3 Å². The van der Waals surface area contributed by atoms with Crippen LogP contribution in [0.5, 0.6) is 0 Å². The Morgan fingerprint density at radius 2 is 1.00 bits per heavy atom. The number of hydrogen-bond acceptors (Lipinski definition) is 3. The molecule has 0 aromatic carbocycles. The van der Waals surface area contributed by atoms with Gasteiger partial charge < -0.3 is 4.74 Å². The highest BCUT2D eigenvalue weighted by Crippen LogP contribution is 2.48. The number of ether oxygens (including phenoxy) is 1.